The zero-order chi connectivity index (χ0) is 12.7. The molecule has 0 unspecified atom stereocenters. The van der Waals surface area contributed by atoms with E-state index in [0.29, 0.717) is 19.6 Å². The zero-order valence-electron chi connectivity index (χ0n) is 10.5. The summed E-state index contributed by atoms with van der Waals surface area (Å²) in [4.78, 5) is 11.4. The summed E-state index contributed by atoms with van der Waals surface area (Å²) in [5.74, 6) is 0.781. The van der Waals surface area contributed by atoms with Gasteiger partial charge in [-0.15, -0.1) is 0 Å². The molecule has 1 rings (SSSR count). The highest BCUT2D eigenvalue weighted by atomic mass is 16.5. The van der Waals surface area contributed by atoms with Crippen molar-refractivity contribution in [2.45, 2.75) is 20.3 Å². The SMILES string of the molecule is C=C(C)CNC(=O)CCOc1ccc(C)cc1. The van der Waals surface area contributed by atoms with Gasteiger partial charge in [-0.3, -0.25) is 4.79 Å². The number of nitrogens with one attached hydrogen (secondary N) is 1. The molecule has 0 saturated carbocycles. The number of rotatable bonds is 6. The lowest BCUT2D eigenvalue weighted by atomic mass is 10.2. The van der Waals surface area contributed by atoms with E-state index < -0.39 is 0 Å². The number of carbonyl (C=O) groups excluding carboxylic acids is 1. The van der Waals surface area contributed by atoms with Crippen molar-refractivity contribution < 1.29 is 9.53 Å². The quantitative estimate of drug-likeness (QED) is 0.766. The number of amides is 1. The van der Waals surface area contributed by atoms with Crippen LogP contribution in [0.3, 0.4) is 0 Å². The molecule has 0 aliphatic heterocycles. The first-order valence-corrected chi connectivity index (χ1v) is 5.68. The van der Waals surface area contributed by atoms with E-state index in [1.807, 2.05) is 38.1 Å². The maximum absolute atomic E-state index is 11.4. The van der Waals surface area contributed by atoms with Gasteiger partial charge in [0.2, 0.25) is 5.91 Å². The molecule has 0 bridgehead atoms. The van der Waals surface area contributed by atoms with E-state index in [1.165, 1.54) is 5.56 Å². The lowest BCUT2D eigenvalue weighted by molar-refractivity contribution is -0.121. The molecule has 1 aromatic carbocycles. The number of hydrogen-bond donors (Lipinski definition) is 1. The molecule has 1 N–H and O–H groups in total. The molecule has 3 nitrogen and oxygen atoms in total. The minimum atomic E-state index is -0.0138. The van der Waals surface area contributed by atoms with E-state index in [1.54, 1.807) is 0 Å². The molecule has 0 fully saturated rings. The van der Waals surface area contributed by atoms with Crippen molar-refractivity contribution in [3.63, 3.8) is 0 Å². The Morgan fingerprint density at radius 1 is 1.35 bits per heavy atom. The number of ether oxygens (including phenoxy) is 1. The Balaban J connectivity index is 2.21. The van der Waals surface area contributed by atoms with Crippen molar-refractivity contribution in [2.75, 3.05) is 13.2 Å². The topological polar surface area (TPSA) is 38.3 Å². The maximum atomic E-state index is 11.4. The van der Waals surface area contributed by atoms with Crippen molar-refractivity contribution in [2.24, 2.45) is 0 Å². The van der Waals surface area contributed by atoms with Crippen LogP contribution >= 0.6 is 0 Å². The Hall–Kier alpha value is -1.77. The predicted molar refractivity (Wildman–Crippen MR) is 69.1 cm³/mol. The summed E-state index contributed by atoms with van der Waals surface area (Å²) in [5.41, 5.74) is 2.13. The second-order valence-electron chi connectivity index (χ2n) is 4.15. The maximum Gasteiger partial charge on any atom is 0.223 e. The third-order valence-corrected chi connectivity index (χ3v) is 2.21. The predicted octanol–water partition coefficient (Wildman–Crippen LogP) is 2.46. The fourth-order valence-electron chi connectivity index (χ4n) is 1.23. The number of carbonyl (C=O) groups is 1. The highest BCUT2D eigenvalue weighted by molar-refractivity contribution is 5.76. The number of hydrogen-bond acceptors (Lipinski definition) is 2. The average Bonchev–Trinajstić information content (AvgIpc) is 2.29. The van der Waals surface area contributed by atoms with Crippen LogP contribution in [0.1, 0.15) is 18.9 Å². The normalized spacial score (nSPS) is 9.76. The van der Waals surface area contributed by atoms with Crippen LogP contribution in [0.15, 0.2) is 36.4 Å². The summed E-state index contributed by atoms with van der Waals surface area (Å²) in [6, 6.07) is 7.77. The van der Waals surface area contributed by atoms with Crippen LogP contribution < -0.4 is 10.1 Å². The van der Waals surface area contributed by atoms with Crippen LogP contribution in [0, 0.1) is 6.92 Å². The van der Waals surface area contributed by atoms with E-state index in [-0.39, 0.29) is 5.91 Å². The Kier molecular flexibility index (Phi) is 5.27. The van der Waals surface area contributed by atoms with Gasteiger partial charge in [-0.05, 0) is 26.0 Å². The van der Waals surface area contributed by atoms with E-state index in [9.17, 15) is 4.79 Å². The third-order valence-electron chi connectivity index (χ3n) is 2.21. The number of aryl methyl sites for hydroxylation is 1. The van der Waals surface area contributed by atoms with Crippen molar-refractivity contribution in [1.82, 2.24) is 5.32 Å². The van der Waals surface area contributed by atoms with Gasteiger partial charge in [0.05, 0.1) is 13.0 Å². The molecule has 3 heteroatoms. The van der Waals surface area contributed by atoms with E-state index in [0.717, 1.165) is 11.3 Å². The van der Waals surface area contributed by atoms with E-state index in [4.69, 9.17) is 4.74 Å². The second-order valence-corrected chi connectivity index (χ2v) is 4.15. The first-order valence-electron chi connectivity index (χ1n) is 5.68. The van der Waals surface area contributed by atoms with Crippen molar-refractivity contribution >= 4 is 5.91 Å². The highest BCUT2D eigenvalue weighted by Gasteiger charge is 2.01. The molecule has 0 spiro atoms. The Morgan fingerprint density at radius 2 is 2.00 bits per heavy atom. The van der Waals surface area contributed by atoms with Crippen molar-refractivity contribution in [1.29, 1.82) is 0 Å². The molecule has 0 radical (unpaired) electrons. The van der Waals surface area contributed by atoms with Gasteiger partial charge >= 0.3 is 0 Å². The molecule has 92 valence electrons. The Morgan fingerprint density at radius 3 is 2.59 bits per heavy atom. The van der Waals surface area contributed by atoms with Crippen LogP contribution in [0.5, 0.6) is 5.75 Å². The molecule has 1 aromatic rings. The van der Waals surface area contributed by atoms with Gasteiger partial charge < -0.3 is 10.1 Å². The summed E-state index contributed by atoms with van der Waals surface area (Å²) >= 11 is 0. The first kappa shape index (κ1) is 13.3. The smallest absolute Gasteiger partial charge is 0.223 e. The van der Waals surface area contributed by atoms with Gasteiger partial charge in [-0.1, -0.05) is 29.8 Å². The molecule has 0 aliphatic rings. The molecule has 0 heterocycles. The number of benzene rings is 1. The lowest BCUT2D eigenvalue weighted by Gasteiger charge is -2.07. The monoisotopic (exact) mass is 233 g/mol. The van der Waals surface area contributed by atoms with Crippen LogP contribution in [-0.2, 0) is 4.79 Å². The standard InChI is InChI=1S/C14H19NO2/c1-11(2)10-15-14(16)8-9-17-13-6-4-12(3)5-7-13/h4-7H,1,8-10H2,2-3H3,(H,15,16). The molecule has 0 saturated heterocycles. The van der Waals surface area contributed by atoms with Gasteiger partial charge in [-0.2, -0.15) is 0 Å². The molecule has 0 atom stereocenters. The molecular formula is C14H19NO2. The highest BCUT2D eigenvalue weighted by Crippen LogP contribution is 2.11. The molecule has 0 aliphatic carbocycles. The molecule has 17 heavy (non-hydrogen) atoms. The van der Waals surface area contributed by atoms with Gasteiger partial charge in [0.25, 0.3) is 0 Å². The largest absolute Gasteiger partial charge is 0.493 e. The first-order chi connectivity index (χ1) is 8.08. The van der Waals surface area contributed by atoms with Gasteiger partial charge in [0, 0.05) is 6.54 Å². The minimum Gasteiger partial charge on any atom is -0.493 e. The molecule has 0 aromatic heterocycles. The third kappa shape index (κ3) is 5.76. The minimum absolute atomic E-state index is 0.0138. The summed E-state index contributed by atoms with van der Waals surface area (Å²) in [5, 5.41) is 2.76. The Labute approximate surface area is 102 Å². The summed E-state index contributed by atoms with van der Waals surface area (Å²) in [6.07, 6.45) is 0.362. The molecule has 1 amide bonds. The van der Waals surface area contributed by atoms with E-state index in [2.05, 4.69) is 11.9 Å². The van der Waals surface area contributed by atoms with Crippen LogP contribution in [-0.4, -0.2) is 19.1 Å². The lowest BCUT2D eigenvalue weighted by Crippen LogP contribution is -2.26. The van der Waals surface area contributed by atoms with Gasteiger partial charge in [0.15, 0.2) is 0 Å². The van der Waals surface area contributed by atoms with Crippen LogP contribution in [0.25, 0.3) is 0 Å². The molecular weight excluding hydrogens is 214 g/mol. The van der Waals surface area contributed by atoms with Crippen molar-refractivity contribution in [3.05, 3.63) is 42.0 Å². The van der Waals surface area contributed by atoms with Gasteiger partial charge in [0.1, 0.15) is 5.75 Å². The fourth-order valence-corrected chi connectivity index (χ4v) is 1.23. The van der Waals surface area contributed by atoms with Crippen LogP contribution in [0.4, 0.5) is 0 Å². The van der Waals surface area contributed by atoms with E-state index >= 15 is 0 Å². The van der Waals surface area contributed by atoms with Crippen LogP contribution in [0.2, 0.25) is 0 Å². The fraction of sp³-hybridized carbons (Fsp3) is 0.357. The van der Waals surface area contributed by atoms with Crippen molar-refractivity contribution in [3.8, 4) is 5.75 Å². The summed E-state index contributed by atoms with van der Waals surface area (Å²) in [7, 11) is 0. The second kappa shape index (κ2) is 6.74. The summed E-state index contributed by atoms with van der Waals surface area (Å²) < 4.78 is 5.46. The summed E-state index contributed by atoms with van der Waals surface area (Å²) in [6.45, 7) is 8.54. The average molecular weight is 233 g/mol. The van der Waals surface area contributed by atoms with Gasteiger partial charge in [-0.25, -0.2) is 0 Å². The zero-order valence-corrected chi connectivity index (χ0v) is 10.5. The Bertz CT molecular complexity index is 382.